The molecule has 0 unspecified atom stereocenters. The van der Waals surface area contributed by atoms with Crippen LogP contribution in [0.15, 0.2) is 48.5 Å². The number of anilines is 1. The second-order valence-electron chi connectivity index (χ2n) is 5.16. The first-order chi connectivity index (χ1) is 11.2. The average Bonchev–Trinajstić information content (AvgIpc) is 2.56. The predicted octanol–water partition coefficient (Wildman–Crippen LogP) is 2.74. The fourth-order valence-corrected chi connectivity index (χ4v) is 2.12. The van der Waals surface area contributed by atoms with Crippen molar-refractivity contribution in [3.8, 4) is 0 Å². The molecule has 122 valence electrons. The number of amides is 1. The predicted molar refractivity (Wildman–Crippen MR) is 88.8 cm³/mol. The van der Waals surface area contributed by atoms with E-state index >= 15 is 0 Å². The molecule has 2 aromatic carbocycles. The van der Waals surface area contributed by atoms with Gasteiger partial charge in [-0.25, -0.2) is 4.39 Å². The van der Waals surface area contributed by atoms with Crippen molar-refractivity contribution >= 4 is 11.6 Å². The average molecular weight is 316 g/mol. The van der Waals surface area contributed by atoms with Gasteiger partial charge in [0.25, 0.3) is 0 Å². The zero-order chi connectivity index (χ0) is 16.5. The van der Waals surface area contributed by atoms with Crippen molar-refractivity contribution in [1.82, 2.24) is 5.32 Å². The number of carbonyl (C=O) groups excluding carboxylic acids is 1. The Morgan fingerprint density at radius 1 is 1.13 bits per heavy atom. The van der Waals surface area contributed by atoms with E-state index in [1.807, 2.05) is 30.3 Å². The van der Waals surface area contributed by atoms with Crippen LogP contribution >= 0.6 is 0 Å². The topological polar surface area (TPSA) is 50.4 Å². The third-order valence-electron chi connectivity index (χ3n) is 3.39. The SMILES string of the molecule is COCCNC(=O)Cc1ccc(NCc2ccccc2F)cc1. The highest BCUT2D eigenvalue weighted by Gasteiger charge is 2.04. The van der Waals surface area contributed by atoms with Crippen molar-refractivity contribution in [1.29, 1.82) is 0 Å². The number of nitrogens with one attached hydrogen (secondary N) is 2. The van der Waals surface area contributed by atoms with E-state index in [1.54, 1.807) is 19.2 Å². The molecule has 0 atom stereocenters. The number of benzene rings is 2. The zero-order valence-electron chi connectivity index (χ0n) is 13.1. The van der Waals surface area contributed by atoms with Crippen LogP contribution in [0.25, 0.3) is 0 Å². The maximum atomic E-state index is 13.5. The Kier molecular flexibility index (Phi) is 6.56. The van der Waals surface area contributed by atoms with E-state index in [9.17, 15) is 9.18 Å². The van der Waals surface area contributed by atoms with Gasteiger partial charge in [0, 0.05) is 31.5 Å². The molecule has 0 bridgehead atoms. The number of hydrogen-bond acceptors (Lipinski definition) is 3. The van der Waals surface area contributed by atoms with Crippen LogP contribution in [0.1, 0.15) is 11.1 Å². The van der Waals surface area contributed by atoms with Gasteiger partial charge in [-0.15, -0.1) is 0 Å². The summed E-state index contributed by atoms with van der Waals surface area (Å²) in [7, 11) is 1.60. The molecule has 0 spiro atoms. The zero-order valence-corrected chi connectivity index (χ0v) is 13.1. The van der Waals surface area contributed by atoms with Gasteiger partial charge >= 0.3 is 0 Å². The van der Waals surface area contributed by atoms with Gasteiger partial charge in [-0.2, -0.15) is 0 Å². The van der Waals surface area contributed by atoms with Crippen LogP contribution in [0.5, 0.6) is 0 Å². The lowest BCUT2D eigenvalue weighted by molar-refractivity contribution is -0.120. The molecule has 0 aliphatic rings. The van der Waals surface area contributed by atoms with E-state index in [-0.39, 0.29) is 11.7 Å². The summed E-state index contributed by atoms with van der Waals surface area (Å²) >= 11 is 0. The van der Waals surface area contributed by atoms with Crippen molar-refractivity contribution in [2.24, 2.45) is 0 Å². The summed E-state index contributed by atoms with van der Waals surface area (Å²) in [4.78, 5) is 11.7. The van der Waals surface area contributed by atoms with E-state index < -0.39 is 0 Å². The number of hydrogen-bond donors (Lipinski definition) is 2. The quantitative estimate of drug-likeness (QED) is 0.736. The van der Waals surface area contributed by atoms with Crippen molar-refractivity contribution in [2.75, 3.05) is 25.6 Å². The molecule has 2 aromatic rings. The molecule has 0 aromatic heterocycles. The van der Waals surface area contributed by atoms with Gasteiger partial charge in [-0.1, -0.05) is 30.3 Å². The van der Waals surface area contributed by atoms with Gasteiger partial charge in [0.05, 0.1) is 13.0 Å². The van der Waals surface area contributed by atoms with E-state index in [1.165, 1.54) is 6.07 Å². The molecule has 2 N–H and O–H groups in total. The lowest BCUT2D eigenvalue weighted by atomic mass is 10.1. The second-order valence-corrected chi connectivity index (χ2v) is 5.16. The van der Waals surface area contributed by atoms with Crippen LogP contribution < -0.4 is 10.6 Å². The van der Waals surface area contributed by atoms with E-state index in [0.29, 0.717) is 31.7 Å². The molecule has 0 radical (unpaired) electrons. The minimum absolute atomic E-state index is 0.0332. The molecular formula is C18H21FN2O2. The molecule has 5 heteroatoms. The van der Waals surface area contributed by atoms with E-state index in [2.05, 4.69) is 10.6 Å². The molecule has 0 saturated heterocycles. The Hall–Kier alpha value is -2.40. The fraction of sp³-hybridized carbons (Fsp3) is 0.278. The standard InChI is InChI=1S/C18H21FN2O2/c1-23-11-10-20-18(22)12-14-6-8-16(9-7-14)21-13-15-4-2-3-5-17(15)19/h2-9,21H,10-13H2,1H3,(H,20,22). The normalized spacial score (nSPS) is 10.3. The molecular weight excluding hydrogens is 295 g/mol. The molecule has 23 heavy (non-hydrogen) atoms. The highest BCUT2D eigenvalue weighted by atomic mass is 19.1. The number of halogens is 1. The molecule has 0 aliphatic heterocycles. The Balaban J connectivity index is 1.82. The number of carbonyl (C=O) groups is 1. The Labute approximate surface area is 135 Å². The van der Waals surface area contributed by atoms with Crippen LogP contribution in [-0.2, 0) is 22.5 Å². The maximum absolute atomic E-state index is 13.5. The largest absolute Gasteiger partial charge is 0.383 e. The van der Waals surface area contributed by atoms with Crippen LogP contribution in [-0.4, -0.2) is 26.2 Å². The number of rotatable bonds is 8. The summed E-state index contributed by atoms with van der Waals surface area (Å²) < 4.78 is 18.4. The van der Waals surface area contributed by atoms with Crippen molar-refractivity contribution in [3.05, 3.63) is 65.5 Å². The summed E-state index contributed by atoms with van der Waals surface area (Å²) in [6.07, 6.45) is 0.331. The summed E-state index contributed by atoms with van der Waals surface area (Å²) in [5.74, 6) is -0.251. The maximum Gasteiger partial charge on any atom is 0.224 e. The molecule has 1 amide bonds. The lowest BCUT2D eigenvalue weighted by Gasteiger charge is -2.09. The van der Waals surface area contributed by atoms with Gasteiger partial charge in [0.2, 0.25) is 5.91 Å². The Bertz CT molecular complexity index is 629. The van der Waals surface area contributed by atoms with Gasteiger partial charge in [-0.05, 0) is 23.8 Å². The summed E-state index contributed by atoms with van der Waals surface area (Å²) in [6.45, 7) is 1.44. The Morgan fingerprint density at radius 3 is 2.57 bits per heavy atom. The fourth-order valence-electron chi connectivity index (χ4n) is 2.12. The highest BCUT2D eigenvalue weighted by molar-refractivity contribution is 5.78. The summed E-state index contributed by atoms with van der Waals surface area (Å²) in [6, 6.07) is 14.2. The van der Waals surface area contributed by atoms with Gasteiger partial charge < -0.3 is 15.4 Å². The molecule has 0 heterocycles. The van der Waals surface area contributed by atoms with E-state index in [4.69, 9.17) is 4.74 Å². The minimum Gasteiger partial charge on any atom is -0.383 e. The lowest BCUT2D eigenvalue weighted by Crippen LogP contribution is -2.28. The van der Waals surface area contributed by atoms with Crippen molar-refractivity contribution in [3.63, 3.8) is 0 Å². The Morgan fingerprint density at radius 2 is 1.87 bits per heavy atom. The monoisotopic (exact) mass is 316 g/mol. The minimum atomic E-state index is -0.218. The van der Waals surface area contributed by atoms with Crippen LogP contribution in [0.3, 0.4) is 0 Å². The summed E-state index contributed by atoms with van der Waals surface area (Å²) in [5.41, 5.74) is 2.43. The molecule has 0 saturated carbocycles. The summed E-state index contributed by atoms with van der Waals surface area (Å²) in [5, 5.41) is 5.95. The van der Waals surface area contributed by atoms with Crippen LogP contribution in [0.4, 0.5) is 10.1 Å². The van der Waals surface area contributed by atoms with Gasteiger partial charge in [0.15, 0.2) is 0 Å². The second kappa shape index (κ2) is 8.90. The number of methoxy groups -OCH3 is 1. The molecule has 2 rings (SSSR count). The van der Waals surface area contributed by atoms with Crippen molar-refractivity contribution in [2.45, 2.75) is 13.0 Å². The van der Waals surface area contributed by atoms with Gasteiger partial charge in [-0.3, -0.25) is 4.79 Å². The van der Waals surface area contributed by atoms with Gasteiger partial charge in [0.1, 0.15) is 5.82 Å². The highest BCUT2D eigenvalue weighted by Crippen LogP contribution is 2.13. The first kappa shape index (κ1) is 17.0. The molecule has 0 aliphatic carbocycles. The smallest absolute Gasteiger partial charge is 0.224 e. The molecule has 4 nitrogen and oxygen atoms in total. The first-order valence-corrected chi connectivity index (χ1v) is 7.51. The third kappa shape index (κ3) is 5.71. The van der Waals surface area contributed by atoms with Crippen LogP contribution in [0.2, 0.25) is 0 Å². The van der Waals surface area contributed by atoms with Crippen LogP contribution in [0, 0.1) is 5.82 Å². The van der Waals surface area contributed by atoms with Crippen molar-refractivity contribution < 1.29 is 13.9 Å². The van der Waals surface area contributed by atoms with E-state index in [0.717, 1.165) is 11.3 Å². The first-order valence-electron chi connectivity index (χ1n) is 7.51. The molecule has 0 fully saturated rings. The number of ether oxygens (including phenoxy) is 1. The third-order valence-corrected chi connectivity index (χ3v) is 3.39.